The fraction of sp³-hybridized carbons (Fsp3) is 0.312. The number of aryl methyl sites for hydroxylation is 1. The summed E-state index contributed by atoms with van der Waals surface area (Å²) in [5.41, 5.74) is 6.42. The number of pyridine rings is 1. The summed E-state index contributed by atoms with van der Waals surface area (Å²) in [7, 11) is 0. The van der Waals surface area contributed by atoms with E-state index in [1.54, 1.807) is 0 Å². The highest BCUT2D eigenvalue weighted by molar-refractivity contribution is 9.10. The van der Waals surface area contributed by atoms with Crippen LogP contribution in [-0.2, 0) is 6.42 Å². The molecule has 0 aliphatic heterocycles. The van der Waals surface area contributed by atoms with Crippen molar-refractivity contribution in [3.63, 3.8) is 0 Å². The van der Waals surface area contributed by atoms with Crippen LogP contribution in [0.4, 0.5) is 0 Å². The highest BCUT2D eigenvalue weighted by atomic mass is 79.9. The molecule has 0 amide bonds. The van der Waals surface area contributed by atoms with E-state index in [9.17, 15) is 0 Å². The van der Waals surface area contributed by atoms with Gasteiger partial charge >= 0.3 is 0 Å². The van der Waals surface area contributed by atoms with Gasteiger partial charge in [-0.1, -0.05) is 33.6 Å². The zero-order valence-electron chi connectivity index (χ0n) is 11.5. The first kappa shape index (κ1) is 15.0. The number of aromatic nitrogens is 1. The van der Waals surface area contributed by atoms with Gasteiger partial charge in [-0.3, -0.25) is 16.3 Å². The molecular formula is C16H17BrClN3. The van der Waals surface area contributed by atoms with E-state index in [-0.39, 0.29) is 12.0 Å². The molecule has 21 heavy (non-hydrogen) atoms. The molecule has 0 saturated carbocycles. The highest BCUT2D eigenvalue weighted by Gasteiger charge is 2.30. The molecule has 1 aromatic heterocycles. The molecule has 0 bridgehead atoms. The van der Waals surface area contributed by atoms with Crippen LogP contribution in [0, 0.1) is 0 Å². The van der Waals surface area contributed by atoms with E-state index in [0.717, 1.165) is 40.0 Å². The van der Waals surface area contributed by atoms with Crippen molar-refractivity contribution in [1.82, 2.24) is 10.4 Å². The normalized spacial score (nSPS) is 19.1. The predicted octanol–water partition coefficient (Wildman–Crippen LogP) is 4.12. The summed E-state index contributed by atoms with van der Waals surface area (Å²) in [4.78, 5) is 4.60. The smallest absolute Gasteiger partial charge is 0.0558 e. The molecule has 3 N–H and O–H groups in total. The Bertz CT molecular complexity index is 647. The zero-order valence-corrected chi connectivity index (χ0v) is 13.9. The van der Waals surface area contributed by atoms with Gasteiger partial charge in [-0.15, -0.1) is 0 Å². The highest BCUT2D eigenvalue weighted by Crippen LogP contribution is 2.41. The Morgan fingerprint density at radius 2 is 2.24 bits per heavy atom. The Morgan fingerprint density at radius 3 is 3.05 bits per heavy atom. The molecule has 3 rings (SSSR count). The average molecular weight is 367 g/mol. The lowest BCUT2D eigenvalue weighted by molar-refractivity contribution is 0.400. The number of hydrogen-bond acceptors (Lipinski definition) is 3. The van der Waals surface area contributed by atoms with Crippen LogP contribution >= 0.6 is 27.5 Å². The van der Waals surface area contributed by atoms with Crippen molar-refractivity contribution in [2.24, 2.45) is 5.84 Å². The van der Waals surface area contributed by atoms with Crippen molar-refractivity contribution in [2.75, 3.05) is 0 Å². The monoisotopic (exact) mass is 365 g/mol. The largest absolute Gasteiger partial charge is 0.271 e. The second-order valence-electron chi connectivity index (χ2n) is 5.36. The third kappa shape index (κ3) is 2.99. The maximum absolute atomic E-state index is 6.38. The van der Waals surface area contributed by atoms with Crippen molar-refractivity contribution in [3.05, 3.63) is 62.8 Å². The van der Waals surface area contributed by atoms with Crippen LogP contribution in [0.2, 0.25) is 5.02 Å². The number of nitrogens with zero attached hydrogens (tertiary/aromatic N) is 1. The van der Waals surface area contributed by atoms with Crippen molar-refractivity contribution >= 4 is 27.5 Å². The second kappa shape index (κ2) is 6.44. The first-order chi connectivity index (χ1) is 10.2. The summed E-state index contributed by atoms with van der Waals surface area (Å²) < 4.78 is 0.999. The van der Waals surface area contributed by atoms with Gasteiger partial charge in [-0.25, -0.2) is 0 Å². The van der Waals surface area contributed by atoms with Gasteiger partial charge in [-0.2, -0.15) is 0 Å². The fourth-order valence-electron chi connectivity index (χ4n) is 3.15. The van der Waals surface area contributed by atoms with E-state index < -0.39 is 0 Å². The minimum atomic E-state index is -0.0380. The van der Waals surface area contributed by atoms with Crippen LogP contribution in [0.3, 0.4) is 0 Å². The summed E-state index contributed by atoms with van der Waals surface area (Å²) in [6.45, 7) is 0. The molecule has 1 aliphatic carbocycles. The molecule has 5 heteroatoms. The third-order valence-corrected chi connectivity index (χ3v) is 4.95. The Morgan fingerprint density at radius 1 is 1.38 bits per heavy atom. The molecule has 0 spiro atoms. The maximum Gasteiger partial charge on any atom is 0.0558 e. The van der Waals surface area contributed by atoms with Gasteiger partial charge in [0.15, 0.2) is 0 Å². The number of rotatable bonds is 3. The molecule has 2 aromatic rings. The Hall–Kier alpha value is -0.940. The lowest BCUT2D eigenvalue weighted by Gasteiger charge is -2.31. The third-order valence-electron chi connectivity index (χ3n) is 4.11. The van der Waals surface area contributed by atoms with E-state index in [1.807, 2.05) is 30.5 Å². The lowest BCUT2D eigenvalue weighted by Crippen LogP contribution is -2.34. The molecule has 1 heterocycles. The van der Waals surface area contributed by atoms with Crippen LogP contribution in [0.15, 0.2) is 41.0 Å². The van der Waals surface area contributed by atoms with Crippen LogP contribution in [0.5, 0.6) is 0 Å². The fourth-order valence-corrected chi connectivity index (χ4v) is 3.76. The predicted molar refractivity (Wildman–Crippen MR) is 89.1 cm³/mol. The Balaban J connectivity index is 2.03. The van der Waals surface area contributed by atoms with Gasteiger partial charge in [0.1, 0.15) is 0 Å². The summed E-state index contributed by atoms with van der Waals surface area (Å²) in [6, 6.07) is 9.98. The number of benzene rings is 1. The number of fused-ring (bicyclic) bond motifs is 1. The van der Waals surface area contributed by atoms with Gasteiger partial charge in [0, 0.05) is 27.3 Å². The van der Waals surface area contributed by atoms with Crippen molar-refractivity contribution in [2.45, 2.75) is 31.2 Å². The summed E-state index contributed by atoms with van der Waals surface area (Å²) in [5, 5.41) is 0.726. The number of halogens is 2. The Kier molecular flexibility index (Phi) is 4.60. The van der Waals surface area contributed by atoms with Crippen molar-refractivity contribution in [3.8, 4) is 0 Å². The molecule has 110 valence electrons. The quantitative estimate of drug-likeness (QED) is 0.634. The molecule has 1 aliphatic rings. The van der Waals surface area contributed by atoms with Crippen molar-refractivity contribution < 1.29 is 0 Å². The van der Waals surface area contributed by atoms with Gasteiger partial charge in [0.25, 0.3) is 0 Å². The maximum atomic E-state index is 6.38. The molecule has 1 aromatic carbocycles. The SMILES string of the molecule is NNC(c1cc(Br)ccc1Cl)C1CCCc2cccnc21. The van der Waals surface area contributed by atoms with Crippen LogP contribution in [0.25, 0.3) is 0 Å². The van der Waals surface area contributed by atoms with Gasteiger partial charge in [0.05, 0.1) is 6.04 Å². The molecule has 2 unspecified atom stereocenters. The van der Waals surface area contributed by atoms with Gasteiger partial charge < -0.3 is 0 Å². The molecular weight excluding hydrogens is 350 g/mol. The van der Waals surface area contributed by atoms with Gasteiger partial charge in [0.2, 0.25) is 0 Å². The van der Waals surface area contributed by atoms with E-state index in [1.165, 1.54) is 5.56 Å². The minimum Gasteiger partial charge on any atom is -0.271 e. The summed E-state index contributed by atoms with van der Waals surface area (Å²) >= 11 is 9.89. The average Bonchev–Trinajstić information content (AvgIpc) is 2.51. The molecule has 0 fully saturated rings. The first-order valence-corrected chi connectivity index (χ1v) is 8.22. The van der Waals surface area contributed by atoms with E-state index in [2.05, 4.69) is 32.4 Å². The number of nitrogens with two attached hydrogens (primary N) is 1. The second-order valence-corrected chi connectivity index (χ2v) is 6.68. The van der Waals surface area contributed by atoms with Crippen LogP contribution in [-0.4, -0.2) is 4.98 Å². The van der Waals surface area contributed by atoms with E-state index in [4.69, 9.17) is 17.4 Å². The number of hydrogen-bond donors (Lipinski definition) is 2. The summed E-state index contributed by atoms with van der Waals surface area (Å²) in [6.07, 6.45) is 5.14. The topological polar surface area (TPSA) is 50.9 Å². The molecule has 3 nitrogen and oxygen atoms in total. The molecule has 0 radical (unpaired) electrons. The van der Waals surface area contributed by atoms with Crippen LogP contribution < -0.4 is 11.3 Å². The summed E-state index contributed by atoms with van der Waals surface area (Å²) in [5.74, 6) is 6.10. The molecule has 2 atom stereocenters. The van der Waals surface area contributed by atoms with Crippen molar-refractivity contribution in [1.29, 1.82) is 0 Å². The van der Waals surface area contributed by atoms with Crippen LogP contribution in [0.1, 0.15) is 41.6 Å². The Labute approximate surface area is 138 Å². The lowest BCUT2D eigenvalue weighted by atomic mass is 9.80. The minimum absolute atomic E-state index is 0.0380. The number of nitrogens with one attached hydrogen (secondary N) is 1. The van der Waals surface area contributed by atoms with E-state index in [0.29, 0.717) is 0 Å². The zero-order chi connectivity index (χ0) is 14.8. The first-order valence-electron chi connectivity index (χ1n) is 7.05. The number of hydrazine groups is 1. The molecule has 0 saturated heterocycles. The van der Waals surface area contributed by atoms with Gasteiger partial charge in [-0.05, 0) is 54.7 Å². The standard InChI is InChI=1S/C16H17BrClN3/c17-11-6-7-14(18)13(9-11)16(21-19)12-5-1-3-10-4-2-8-20-15(10)12/h2,4,6-9,12,16,21H,1,3,5,19H2. The van der Waals surface area contributed by atoms with E-state index >= 15 is 0 Å².